The predicted octanol–water partition coefficient (Wildman–Crippen LogP) is 3.65. The lowest BCUT2D eigenvalue weighted by molar-refractivity contribution is 0.138. The van der Waals surface area contributed by atoms with Crippen LogP contribution in [0.4, 0.5) is 5.69 Å². The molecule has 0 spiro atoms. The first kappa shape index (κ1) is 11.1. The van der Waals surface area contributed by atoms with Gasteiger partial charge in [0.25, 0.3) is 0 Å². The van der Waals surface area contributed by atoms with E-state index in [1.807, 2.05) is 12.1 Å². The molecule has 18 heavy (non-hydrogen) atoms. The maximum Gasteiger partial charge on any atom is 0.123 e. The first-order chi connectivity index (χ1) is 8.53. The molecule has 0 saturated heterocycles. The van der Waals surface area contributed by atoms with Gasteiger partial charge >= 0.3 is 0 Å². The summed E-state index contributed by atoms with van der Waals surface area (Å²) < 4.78 is 5.88. The number of nitrogen functional groups attached to an aromatic ring is 1. The minimum absolute atomic E-state index is 0.0813. The molecular weight excluding hydrogens is 222 g/mol. The number of rotatable bonds is 1. The van der Waals surface area contributed by atoms with E-state index in [2.05, 4.69) is 44.2 Å². The second kappa shape index (κ2) is 3.77. The predicted molar refractivity (Wildman–Crippen MR) is 74.7 cm³/mol. The number of fused-ring (bicyclic) bond motifs is 1. The van der Waals surface area contributed by atoms with Crippen LogP contribution in [0, 0.1) is 0 Å². The minimum atomic E-state index is -0.0813. The molecule has 3 rings (SSSR count). The summed E-state index contributed by atoms with van der Waals surface area (Å²) in [7, 11) is 0. The molecule has 0 aliphatic carbocycles. The van der Waals surface area contributed by atoms with Crippen LogP contribution in [-0.2, 0) is 6.42 Å². The summed E-state index contributed by atoms with van der Waals surface area (Å²) >= 11 is 0. The first-order valence-electron chi connectivity index (χ1n) is 6.21. The van der Waals surface area contributed by atoms with Gasteiger partial charge in [-0.2, -0.15) is 0 Å². The van der Waals surface area contributed by atoms with Gasteiger partial charge in [-0.05, 0) is 54.8 Å². The zero-order chi connectivity index (χ0) is 12.8. The van der Waals surface area contributed by atoms with Gasteiger partial charge in [0.05, 0.1) is 0 Å². The van der Waals surface area contributed by atoms with E-state index in [1.165, 1.54) is 16.7 Å². The molecule has 92 valence electrons. The summed E-state index contributed by atoms with van der Waals surface area (Å²) in [6.45, 7) is 4.24. The summed E-state index contributed by atoms with van der Waals surface area (Å²) in [6, 6.07) is 14.4. The standard InChI is InChI=1S/C16H17NO/c1-16(2)10-13-9-12(5-8-15(13)18-16)11-3-6-14(17)7-4-11/h3-9H,10,17H2,1-2H3. The number of hydrogen-bond acceptors (Lipinski definition) is 2. The molecule has 2 aromatic carbocycles. The quantitative estimate of drug-likeness (QED) is 0.771. The molecule has 2 aromatic rings. The summed E-state index contributed by atoms with van der Waals surface area (Å²) in [5.41, 5.74) is 10.1. The van der Waals surface area contributed by atoms with E-state index in [9.17, 15) is 0 Å². The number of nitrogens with two attached hydrogens (primary N) is 1. The molecule has 0 bridgehead atoms. The molecule has 0 atom stereocenters. The molecule has 0 unspecified atom stereocenters. The van der Waals surface area contributed by atoms with Crippen molar-refractivity contribution in [2.75, 3.05) is 5.73 Å². The van der Waals surface area contributed by atoms with E-state index in [1.54, 1.807) is 0 Å². The zero-order valence-electron chi connectivity index (χ0n) is 10.7. The van der Waals surface area contributed by atoms with Crippen molar-refractivity contribution in [1.29, 1.82) is 0 Å². The van der Waals surface area contributed by atoms with Crippen LogP contribution in [0.3, 0.4) is 0 Å². The largest absolute Gasteiger partial charge is 0.487 e. The summed E-state index contributed by atoms with van der Waals surface area (Å²) in [4.78, 5) is 0. The highest BCUT2D eigenvalue weighted by Gasteiger charge is 2.29. The van der Waals surface area contributed by atoms with Crippen LogP contribution in [0.1, 0.15) is 19.4 Å². The average Bonchev–Trinajstić information content (AvgIpc) is 2.62. The van der Waals surface area contributed by atoms with Crippen LogP contribution < -0.4 is 10.5 Å². The van der Waals surface area contributed by atoms with E-state index in [0.717, 1.165) is 17.9 Å². The van der Waals surface area contributed by atoms with Crippen molar-refractivity contribution < 1.29 is 4.74 Å². The van der Waals surface area contributed by atoms with Gasteiger partial charge in [-0.1, -0.05) is 18.2 Å². The lowest BCUT2D eigenvalue weighted by atomic mass is 9.97. The molecule has 1 aliphatic rings. The van der Waals surface area contributed by atoms with Gasteiger partial charge in [0.1, 0.15) is 11.4 Å². The third-order valence-electron chi connectivity index (χ3n) is 3.31. The van der Waals surface area contributed by atoms with Crippen molar-refractivity contribution >= 4 is 5.69 Å². The second-order valence-corrected chi connectivity index (χ2v) is 5.48. The lowest BCUT2D eigenvalue weighted by Gasteiger charge is -2.16. The van der Waals surface area contributed by atoms with Gasteiger partial charge < -0.3 is 10.5 Å². The highest BCUT2D eigenvalue weighted by Crippen LogP contribution is 2.37. The summed E-state index contributed by atoms with van der Waals surface area (Å²) in [6.07, 6.45) is 0.963. The Kier molecular flexibility index (Phi) is 2.34. The topological polar surface area (TPSA) is 35.2 Å². The maximum atomic E-state index is 5.88. The van der Waals surface area contributed by atoms with Gasteiger partial charge in [0, 0.05) is 12.1 Å². The Morgan fingerprint density at radius 2 is 1.67 bits per heavy atom. The smallest absolute Gasteiger partial charge is 0.123 e. The molecule has 2 nitrogen and oxygen atoms in total. The maximum absolute atomic E-state index is 5.88. The molecule has 2 heteroatoms. The van der Waals surface area contributed by atoms with E-state index in [-0.39, 0.29) is 5.60 Å². The zero-order valence-corrected chi connectivity index (χ0v) is 10.7. The van der Waals surface area contributed by atoms with Crippen molar-refractivity contribution in [3.63, 3.8) is 0 Å². The van der Waals surface area contributed by atoms with E-state index in [0.29, 0.717) is 0 Å². The van der Waals surface area contributed by atoms with Gasteiger partial charge in [-0.15, -0.1) is 0 Å². The first-order valence-corrected chi connectivity index (χ1v) is 6.21. The molecule has 0 saturated carbocycles. The summed E-state index contributed by atoms with van der Waals surface area (Å²) in [5, 5.41) is 0. The average molecular weight is 239 g/mol. The Morgan fingerprint density at radius 3 is 2.39 bits per heavy atom. The Bertz CT molecular complexity index is 585. The normalized spacial score (nSPS) is 16.1. The van der Waals surface area contributed by atoms with Crippen LogP contribution in [0.25, 0.3) is 11.1 Å². The third kappa shape index (κ3) is 1.94. The minimum Gasteiger partial charge on any atom is -0.487 e. The van der Waals surface area contributed by atoms with Crippen LogP contribution in [0.5, 0.6) is 5.75 Å². The van der Waals surface area contributed by atoms with Crippen molar-refractivity contribution in [1.82, 2.24) is 0 Å². The van der Waals surface area contributed by atoms with Gasteiger partial charge in [0.15, 0.2) is 0 Å². The molecule has 2 N–H and O–H groups in total. The van der Waals surface area contributed by atoms with Crippen molar-refractivity contribution in [3.05, 3.63) is 48.0 Å². The van der Waals surface area contributed by atoms with Crippen LogP contribution in [0.15, 0.2) is 42.5 Å². The Balaban J connectivity index is 1.99. The van der Waals surface area contributed by atoms with Gasteiger partial charge in [-0.25, -0.2) is 0 Å². The molecule has 0 fully saturated rings. The monoisotopic (exact) mass is 239 g/mol. The van der Waals surface area contributed by atoms with E-state index in [4.69, 9.17) is 10.5 Å². The van der Waals surface area contributed by atoms with Gasteiger partial charge in [0.2, 0.25) is 0 Å². The molecule has 0 amide bonds. The van der Waals surface area contributed by atoms with E-state index >= 15 is 0 Å². The Hall–Kier alpha value is -1.96. The molecule has 1 heterocycles. The van der Waals surface area contributed by atoms with E-state index < -0.39 is 0 Å². The number of ether oxygens (including phenoxy) is 1. The highest BCUT2D eigenvalue weighted by molar-refractivity contribution is 5.68. The fourth-order valence-electron chi connectivity index (χ4n) is 2.46. The van der Waals surface area contributed by atoms with Gasteiger partial charge in [-0.3, -0.25) is 0 Å². The second-order valence-electron chi connectivity index (χ2n) is 5.48. The van der Waals surface area contributed by atoms with Crippen molar-refractivity contribution in [2.45, 2.75) is 25.9 Å². The highest BCUT2D eigenvalue weighted by atomic mass is 16.5. The Labute approximate surface area is 107 Å². The van der Waals surface area contributed by atoms with Crippen LogP contribution >= 0.6 is 0 Å². The van der Waals surface area contributed by atoms with Crippen LogP contribution in [0.2, 0.25) is 0 Å². The summed E-state index contributed by atoms with van der Waals surface area (Å²) in [5.74, 6) is 1.01. The molecule has 1 aliphatic heterocycles. The third-order valence-corrected chi connectivity index (χ3v) is 3.31. The lowest BCUT2D eigenvalue weighted by Crippen LogP contribution is -2.24. The Morgan fingerprint density at radius 1 is 1.00 bits per heavy atom. The molecular formula is C16H17NO. The molecule has 0 aromatic heterocycles. The fourth-order valence-corrected chi connectivity index (χ4v) is 2.46. The SMILES string of the molecule is CC1(C)Cc2cc(-c3ccc(N)cc3)ccc2O1. The number of anilines is 1. The fraction of sp³-hybridized carbons (Fsp3) is 0.250. The number of hydrogen-bond donors (Lipinski definition) is 1. The van der Waals surface area contributed by atoms with Crippen molar-refractivity contribution in [2.24, 2.45) is 0 Å². The van der Waals surface area contributed by atoms with Crippen LogP contribution in [-0.4, -0.2) is 5.60 Å². The molecule has 0 radical (unpaired) electrons. The van der Waals surface area contributed by atoms with Crippen molar-refractivity contribution in [3.8, 4) is 16.9 Å². The number of benzene rings is 2.